The fraction of sp³-hybridized carbons (Fsp3) is 0.880. The highest BCUT2D eigenvalue weighted by Crippen LogP contribution is 2.31. The highest BCUT2D eigenvalue weighted by molar-refractivity contribution is 5.92. The van der Waals surface area contributed by atoms with Gasteiger partial charge in [0, 0.05) is 13.2 Å². The van der Waals surface area contributed by atoms with Gasteiger partial charge in [0.05, 0.1) is 19.3 Å². The van der Waals surface area contributed by atoms with E-state index in [4.69, 9.17) is 9.47 Å². The minimum absolute atomic E-state index is 0.00901. The van der Waals surface area contributed by atoms with Crippen molar-refractivity contribution in [3.63, 3.8) is 0 Å². The molecule has 2 aliphatic heterocycles. The maximum atomic E-state index is 13.6. The van der Waals surface area contributed by atoms with Crippen LogP contribution in [0.1, 0.15) is 79.6 Å². The Labute approximate surface area is 204 Å². The molecule has 0 saturated carbocycles. The molecule has 4 atom stereocenters. The molecule has 2 rings (SSSR count). The smallest absolute Gasteiger partial charge is 0.408 e. The largest absolute Gasteiger partial charge is 0.444 e. The van der Waals surface area contributed by atoms with Crippen molar-refractivity contribution < 1.29 is 29.0 Å². The molecule has 0 aliphatic carbocycles. The Bertz CT molecular complexity index is 678. The average Bonchev–Trinajstić information content (AvgIpc) is 3.19. The number of amides is 3. The molecule has 0 unspecified atom stereocenters. The summed E-state index contributed by atoms with van der Waals surface area (Å²) < 4.78 is 11.1. The Morgan fingerprint density at radius 2 is 1.85 bits per heavy atom. The van der Waals surface area contributed by atoms with Crippen molar-refractivity contribution in [2.24, 2.45) is 11.8 Å². The molecule has 3 N–H and O–H groups in total. The third-order valence-corrected chi connectivity index (χ3v) is 6.53. The topological polar surface area (TPSA) is 117 Å². The zero-order valence-electron chi connectivity index (χ0n) is 21.6. The van der Waals surface area contributed by atoms with Crippen LogP contribution in [0.5, 0.6) is 0 Å². The van der Waals surface area contributed by atoms with E-state index < -0.39 is 23.8 Å². The third kappa shape index (κ3) is 8.73. The van der Waals surface area contributed by atoms with Crippen LogP contribution in [0.2, 0.25) is 0 Å². The number of nitrogens with zero attached hydrogens (tertiary/aromatic N) is 1. The standard InChI is InChI=1S/C25H45N3O6/c1-17(2)19-12-13-28-21(19)22(30)26-18(15-29)11-9-7-6-8-10-14-33-16-20(23(28)31)27-24(32)34-25(3,4)5/h17-21,29H,6-16H2,1-5H3,(H,26,30)(H,27,32)/t18-,19+,20-,21-/m0/s1. The molecule has 2 saturated heterocycles. The molecule has 0 aromatic carbocycles. The van der Waals surface area contributed by atoms with Crippen molar-refractivity contribution in [3.05, 3.63) is 0 Å². The molecule has 0 bridgehead atoms. The van der Waals surface area contributed by atoms with E-state index in [0.717, 1.165) is 32.1 Å². The number of nitrogens with one attached hydrogen (secondary N) is 2. The van der Waals surface area contributed by atoms with Crippen molar-refractivity contribution >= 4 is 17.9 Å². The predicted molar refractivity (Wildman–Crippen MR) is 129 cm³/mol. The van der Waals surface area contributed by atoms with Gasteiger partial charge in [0.25, 0.3) is 0 Å². The van der Waals surface area contributed by atoms with Crippen LogP contribution < -0.4 is 10.6 Å². The summed E-state index contributed by atoms with van der Waals surface area (Å²) in [6.07, 6.45) is 5.57. The van der Waals surface area contributed by atoms with Gasteiger partial charge in [0.15, 0.2) is 0 Å². The molecular weight excluding hydrogens is 438 g/mol. The summed E-state index contributed by atoms with van der Waals surface area (Å²) >= 11 is 0. The van der Waals surface area contributed by atoms with Gasteiger partial charge in [-0.25, -0.2) is 4.79 Å². The number of ether oxygens (including phenoxy) is 2. The lowest BCUT2D eigenvalue weighted by Crippen LogP contribution is -2.58. The zero-order valence-corrected chi connectivity index (χ0v) is 21.6. The average molecular weight is 484 g/mol. The molecule has 0 aromatic rings. The first kappa shape index (κ1) is 28.4. The molecule has 2 aliphatic rings. The van der Waals surface area contributed by atoms with Gasteiger partial charge in [0.1, 0.15) is 17.7 Å². The Kier molecular flexibility index (Phi) is 11.1. The lowest BCUT2D eigenvalue weighted by atomic mass is 9.88. The zero-order chi connectivity index (χ0) is 25.3. The number of aliphatic hydroxyl groups excluding tert-OH is 1. The summed E-state index contributed by atoms with van der Waals surface area (Å²) in [6, 6.07) is -1.93. The number of rotatable bonds is 3. The van der Waals surface area contributed by atoms with Crippen molar-refractivity contribution in [1.82, 2.24) is 15.5 Å². The summed E-state index contributed by atoms with van der Waals surface area (Å²) in [5, 5.41) is 15.5. The molecule has 34 heavy (non-hydrogen) atoms. The number of aliphatic hydroxyl groups is 1. The summed E-state index contributed by atoms with van der Waals surface area (Å²) in [5.41, 5.74) is -0.704. The second-order valence-electron chi connectivity index (χ2n) is 10.9. The second kappa shape index (κ2) is 13.3. The van der Waals surface area contributed by atoms with Gasteiger partial charge >= 0.3 is 6.09 Å². The molecule has 9 nitrogen and oxygen atoms in total. The maximum absolute atomic E-state index is 13.6. The molecular formula is C25H45N3O6. The molecule has 9 heteroatoms. The van der Waals surface area contributed by atoms with Crippen LogP contribution in [-0.2, 0) is 19.1 Å². The van der Waals surface area contributed by atoms with E-state index in [1.807, 2.05) is 13.8 Å². The molecule has 2 heterocycles. The Morgan fingerprint density at radius 3 is 2.50 bits per heavy atom. The van der Waals surface area contributed by atoms with E-state index in [1.54, 1.807) is 25.7 Å². The Morgan fingerprint density at radius 1 is 1.18 bits per heavy atom. The normalized spacial score (nSPS) is 28.4. The van der Waals surface area contributed by atoms with Crippen molar-refractivity contribution in [2.75, 3.05) is 26.4 Å². The van der Waals surface area contributed by atoms with Gasteiger partial charge in [-0.3, -0.25) is 9.59 Å². The summed E-state index contributed by atoms with van der Waals surface area (Å²) in [5.74, 6) is -0.403. The fourth-order valence-corrected chi connectivity index (χ4v) is 4.74. The van der Waals surface area contributed by atoms with E-state index in [9.17, 15) is 19.5 Å². The second-order valence-corrected chi connectivity index (χ2v) is 10.9. The highest BCUT2D eigenvalue weighted by atomic mass is 16.6. The minimum atomic E-state index is -0.947. The monoisotopic (exact) mass is 483 g/mol. The summed E-state index contributed by atoms with van der Waals surface area (Å²) in [7, 11) is 0. The first-order valence-electron chi connectivity index (χ1n) is 12.8. The molecule has 196 valence electrons. The summed E-state index contributed by atoms with van der Waals surface area (Å²) in [4.78, 5) is 41.1. The van der Waals surface area contributed by atoms with Crippen LogP contribution in [0.25, 0.3) is 0 Å². The van der Waals surface area contributed by atoms with E-state index in [2.05, 4.69) is 10.6 Å². The highest BCUT2D eigenvalue weighted by Gasteiger charge is 2.45. The fourth-order valence-electron chi connectivity index (χ4n) is 4.74. The minimum Gasteiger partial charge on any atom is -0.444 e. The Balaban J connectivity index is 2.27. The number of hydrogen-bond donors (Lipinski definition) is 3. The first-order valence-corrected chi connectivity index (χ1v) is 12.8. The van der Waals surface area contributed by atoms with Crippen LogP contribution in [0.15, 0.2) is 0 Å². The van der Waals surface area contributed by atoms with Gasteiger partial charge < -0.3 is 30.1 Å². The molecule has 2 fully saturated rings. The van der Waals surface area contributed by atoms with E-state index in [1.165, 1.54) is 0 Å². The van der Waals surface area contributed by atoms with Crippen LogP contribution >= 0.6 is 0 Å². The van der Waals surface area contributed by atoms with Crippen LogP contribution in [0.4, 0.5) is 4.79 Å². The number of hydrogen-bond acceptors (Lipinski definition) is 6. The van der Waals surface area contributed by atoms with Crippen molar-refractivity contribution in [2.45, 2.75) is 103 Å². The van der Waals surface area contributed by atoms with Gasteiger partial charge in [-0.2, -0.15) is 0 Å². The predicted octanol–water partition coefficient (Wildman–Crippen LogP) is 2.60. The van der Waals surface area contributed by atoms with Gasteiger partial charge in [-0.05, 0) is 51.9 Å². The van der Waals surface area contributed by atoms with Crippen LogP contribution in [0, 0.1) is 11.8 Å². The number of carbonyl (C=O) groups is 3. The van der Waals surface area contributed by atoms with Gasteiger partial charge in [-0.1, -0.05) is 39.5 Å². The van der Waals surface area contributed by atoms with Gasteiger partial charge in [-0.15, -0.1) is 0 Å². The molecule has 0 radical (unpaired) electrons. The third-order valence-electron chi connectivity index (χ3n) is 6.53. The van der Waals surface area contributed by atoms with Crippen molar-refractivity contribution in [3.8, 4) is 0 Å². The van der Waals surface area contributed by atoms with Crippen molar-refractivity contribution in [1.29, 1.82) is 0 Å². The Hall–Kier alpha value is -1.87. The lowest BCUT2D eigenvalue weighted by Gasteiger charge is -2.33. The quantitative estimate of drug-likeness (QED) is 0.568. The first-order chi connectivity index (χ1) is 16.0. The van der Waals surface area contributed by atoms with Crippen LogP contribution in [-0.4, -0.2) is 78.0 Å². The maximum Gasteiger partial charge on any atom is 0.408 e. The van der Waals surface area contributed by atoms with E-state index >= 15 is 0 Å². The van der Waals surface area contributed by atoms with E-state index in [0.29, 0.717) is 26.0 Å². The molecule has 0 aromatic heterocycles. The summed E-state index contributed by atoms with van der Waals surface area (Å²) in [6.45, 7) is 10.2. The number of carbonyl (C=O) groups excluding carboxylic acids is 3. The lowest BCUT2D eigenvalue weighted by molar-refractivity contribution is -0.142. The molecule has 3 amide bonds. The number of alkyl carbamates (subject to hydrolysis) is 1. The van der Waals surface area contributed by atoms with E-state index in [-0.39, 0.29) is 42.9 Å². The molecule has 0 spiro atoms. The van der Waals surface area contributed by atoms with Gasteiger partial charge in [0.2, 0.25) is 11.8 Å². The van der Waals surface area contributed by atoms with Crippen LogP contribution in [0.3, 0.4) is 0 Å². The SMILES string of the molecule is CC(C)[C@H]1CCN2C(=O)[C@@H](NC(=O)OC(C)(C)C)COCCCCCCC[C@@H](CO)NC(=O)[C@H]12. The number of fused-ring (bicyclic) bond motifs is 1.